The van der Waals surface area contributed by atoms with Crippen molar-refractivity contribution in [3.8, 4) is 11.5 Å². The average Bonchev–Trinajstić information content (AvgIpc) is 2.69. The number of hydrogen-bond donors (Lipinski definition) is 2. The fourth-order valence-electron chi connectivity index (χ4n) is 3.67. The normalized spacial score (nSPS) is 17.1. The van der Waals surface area contributed by atoms with Crippen LogP contribution in [0.25, 0.3) is 0 Å². The first kappa shape index (κ1) is 26.9. The van der Waals surface area contributed by atoms with E-state index in [1.54, 1.807) is 0 Å². The Morgan fingerprint density at radius 2 is 1.87 bits per heavy atom. The maximum absolute atomic E-state index is 10.1. The van der Waals surface area contributed by atoms with Crippen molar-refractivity contribution in [3.05, 3.63) is 34.9 Å². The summed E-state index contributed by atoms with van der Waals surface area (Å²) in [5.74, 6) is 1.68. The molecule has 0 saturated heterocycles. The summed E-state index contributed by atoms with van der Waals surface area (Å²) >= 11 is 0. The number of ether oxygens (including phenoxy) is 1. The van der Waals surface area contributed by atoms with Gasteiger partial charge in [-0.3, -0.25) is 0 Å². The molecule has 172 valence electrons. The van der Waals surface area contributed by atoms with Crippen molar-refractivity contribution >= 4 is 8.60 Å². The van der Waals surface area contributed by atoms with E-state index < -0.39 is 8.60 Å². The van der Waals surface area contributed by atoms with Gasteiger partial charge >= 0.3 is 8.60 Å². The third-order valence-corrected chi connectivity index (χ3v) is 5.48. The van der Waals surface area contributed by atoms with Gasteiger partial charge in [-0.25, -0.2) is 4.89 Å². The predicted molar refractivity (Wildman–Crippen MR) is 122 cm³/mol. The molecule has 0 amide bonds. The Hall–Kier alpha value is -1.17. The maximum Gasteiger partial charge on any atom is 0.424 e. The van der Waals surface area contributed by atoms with Crippen LogP contribution in [-0.2, 0) is 16.0 Å². The van der Waals surface area contributed by atoms with E-state index in [4.69, 9.17) is 19.0 Å². The van der Waals surface area contributed by atoms with E-state index in [0.717, 1.165) is 56.1 Å². The summed E-state index contributed by atoms with van der Waals surface area (Å²) < 4.78 is 16.8. The number of unbranched alkanes of at least 4 members (excludes halogenated alkanes) is 2. The highest BCUT2D eigenvalue weighted by molar-refractivity contribution is 7.40. The quantitative estimate of drug-likeness (QED) is 0.140. The summed E-state index contributed by atoms with van der Waals surface area (Å²) in [6.45, 7) is 8.43. The van der Waals surface area contributed by atoms with E-state index in [2.05, 4.69) is 30.9 Å². The first-order chi connectivity index (χ1) is 14.4. The molecule has 2 N–H and O–H groups in total. The number of rotatable bonds is 11. The highest BCUT2D eigenvalue weighted by Gasteiger charge is 2.26. The second-order valence-electron chi connectivity index (χ2n) is 7.71. The van der Waals surface area contributed by atoms with Gasteiger partial charge in [0.25, 0.3) is 0 Å². The minimum absolute atomic E-state index is 0.0528. The Bertz CT molecular complexity index is 647. The van der Waals surface area contributed by atoms with Gasteiger partial charge in [-0.15, -0.1) is 4.67 Å². The zero-order valence-corrected chi connectivity index (χ0v) is 20.2. The highest BCUT2D eigenvalue weighted by atomic mass is 31.2. The molecule has 30 heavy (non-hydrogen) atoms. The second kappa shape index (κ2) is 14.8. The predicted octanol–water partition coefficient (Wildman–Crippen LogP) is 6.20. The first-order valence-corrected chi connectivity index (χ1v) is 11.9. The zero-order valence-electron chi connectivity index (χ0n) is 19.3. The van der Waals surface area contributed by atoms with Crippen LogP contribution in [0.2, 0.25) is 0 Å². The first-order valence-electron chi connectivity index (χ1n) is 10.8. The van der Waals surface area contributed by atoms with Crippen molar-refractivity contribution in [3.63, 3.8) is 0 Å². The molecule has 1 aromatic rings. The maximum atomic E-state index is 10.1. The molecule has 6 nitrogen and oxygen atoms in total. The minimum atomic E-state index is -2.16. The van der Waals surface area contributed by atoms with Crippen LogP contribution < -0.4 is 9.26 Å². The lowest BCUT2D eigenvalue weighted by molar-refractivity contribution is -0.184. The molecule has 1 aliphatic rings. The van der Waals surface area contributed by atoms with Crippen molar-refractivity contribution < 1.29 is 28.8 Å². The molecule has 0 bridgehead atoms. The van der Waals surface area contributed by atoms with Gasteiger partial charge in [0, 0.05) is 18.6 Å². The molecule has 0 spiro atoms. The van der Waals surface area contributed by atoms with Gasteiger partial charge in [0.2, 0.25) is 0 Å². The third kappa shape index (κ3) is 8.91. The van der Waals surface area contributed by atoms with E-state index in [9.17, 15) is 4.89 Å². The third-order valence-electron chi connectivity index (χ3n) is 4.85. The lowest BCUT2D eigenvalue weighted by atomic mass is 9.84. The topological polar surface area (TPSA) is 77.4 Å². The van der Waals surface area contributed by atoms with Crippen LogP contribution in [0.1, 0.15) is 83.3 Å². The Kier molecular flexibility index (Phi) is 13.2. The summed E-state index contributed by atoms with van der Waals surface area (Å²) in [5, 5.41) is 7.00. The molecule has 2 atom stereocenters. The van der Waals surface area contributed by atoms with Crippen molar-refractivity contribution in [1.29, 1.82) is 0 Å². The summed E-state index contributed by atoms with van der Waals surface area (Å²) in [4.78, 5) is 14.7. The highest BCUT2D eigenvalue weighted by Crippen LogP contribution is 2.47. The summed E-state index contributed by atoms with van der Waals surface area (Å²) in [6.07, 6.45) is 10.1. The molecule has 1 aliphatic carbocycles. The monoisotopic (exact) mass is 442 g/mol. The van der Waals surface area contributed by atoms with Gasteiger partial charge in [-0.1, -0.05) is 31.4 Å². The molecule has 2 rings (SSSR count). The van der Waals surface area contributed by atoms with E-state index in [0.29, 0.717) is 5.75 Å². The molecule has 0 radical (unpaired) electrons. The Morgan fingerprint density at radius 1 is 1.17 bits per heavy atom. The molecule has 0 aliphatic heterocycles. The molecular weight excluding hydrogens is 403 g/mol. The summed E-state index contributed by atoms with van der Waals surface area (Å²) in [7, 11) is 0.194. The van der Waals surface area contributed by atoms with E-state index >= 15 is 0 Å². The lowest BCUT2D eigenvalue weighted by Gasteiger charge is -2.26. The molecule has 0 aromatic heterocycles. The van der Waals surface area contributed by atoms with Crippen molar-refractivity contribution in [2.75, 3.05) is 14.2 Å². The molecule has 0 fully saturated rings. The second-order valence-corrected chi connectivity index (χ2v) is 8.52. The molecule has 1 aromatic carbocycles. The Balaban J connectivity index is 0.00000218. The van der Waals surface area contributed by atoms with Crippen LogP contribution in [-0.4, -0.2) is 30.3 Å². The van der Waals surface area contributed by atoms with Crippen molar-refractivity contribution in [2.45, 2.75) is 84.7 Å². The molecule has 0 heterocycles. The summed E-state index contributed by atoms with van der Waals surface area (Å²) in [6, 6.07) is 4.17. The van der Waals surface area contributed by atoms with Crippen LogP contribution in [0, 0.1) is 0 Å². The van der Waals surface area contributed by atoms with Crippen LogP contribution >= 0.6 is 8.60 Å². The fourth-order valence-corrected chi connectivity index (χ4v) is 4.15. The van der Waals surface area contributed by atoms with Gasteiger partial charge in [0.1, 0.15) is 11.5 Å². The van der Waals surface area contributed by atoms with Gasteiger partial charge in [-0.2, -0.15) is 0 Å². The van der Waals surface area contributed by atoms with Gasteiger partial charge in [0.15, 0.2) is 0 Å². The number of aliphatic hydroxyl groups excluding tert-OH is 1. The Labute approximate surface area is 183 Å². The Morgan fingerprint density at radius 3 is 2.47 bits per heavy atom. The average molecular weight is 443 g/mol. The number of benzene rings is 1. The van der Waals surface area contributed by atoms with Crippen molar-refractivity contribution in [1.82, 2.24) is 0 Å². The standard InChI is InChI=1S/C22H35O5P.CH4O/c1-6-7-8-11-18-14-20(25-16(2)3)22(19-12-9-10-17(4)13-19)21(15-18)26-28(23)27-24-5;1-2/h13-16,19,23H,6-12H2,1-5H3;2H,1H3/t19-,28?;/m0./s1. The number of allylic oxidation sites excluding steroid dienone is 2. The molecular formula is C23H39O6P. The number of aliphatic hydroxyl groups is 1. The fraction of sp³-hybridized carbons (Fsp3) is 0.652. The minimum Gasteiger partial charge on any atom is -0.491 e. The summed E-state index contributed by atoms with van der Waals surface area (Å²) in [5.41, 5.74) is 3.53. The van der Waals surface area contributed by atoms with E-state index in [1.165, 1.54) is 25.5 Å². The van der Waals surface area contributed by atoms with Crippen LogP contribution in [0.3, 0.4) is 0 Å². The lowest BCUT2D eigenvalue weighted by Crippen LogP contribution is -2.12. The number of aryl methyl sites for hydroxylation is 1. The van der Waals surface area contributed by atoms with Crippen LogP contribution in [0.5, 0.6) is 11.5 Å². The zero-order chi connectivity index (χ0) is 22.5. The van der Waals surface area contributed by atoms with E-state index in [1.807, 2.05) is 19.9 Å². The van der Waals surface area contributed by atoms with Gasteiger partial charge < -0.3 is 19.3 Å². The molecule has 0 saturated carbocycles. The van der Waals surface area contributed by atoms with E-state index in [-0.39, 0.29) is 12.0 Å². The largest absolute Gasteiger partial charge is 0.491 e. The van der Waals surface area contributed by atoms with Crippen LogP contribution in [0.15, 0.2) is 23.8 Å². The van der Waals surface area contributed by atoms with Gasteiger partial charge in [0.05, 0.1) is 13.2 Å². The van der Waals surface area contributed by atoms with Crippen LogP contribution in [0.4, 0.5) is 0 Å². The smallest absolute Gasteiger partial charge is 0.424 e. The molecule has 7 heteroatoms. The van der Waals surface area contributed by atoms with Crippen molar-refractivity contribution in [2.24, 2.45) is 0 Å². The number of hydrogen-bond acceptors (Lipinski definition) is 6. The molecule has 1 unspecified atom stereocenters. The SMILES string of the molecule is CCCCCc1cc(OC(C)C)c([C@@H]2C=C(C)CCC2)c(OP(O)OOC)c1.CO. The van der Waals surface area contributed by atoms with Gasteiger partial charge in [-0.05, 0) is 70.6 Å².